The molecule has 2 atom stereocenters. The summed E-state index contributed by atoms with van der Waals surface area (Å²) in [4.78, 5) is 31.5. The van der Waals surface area contributed by atoms with Crippen molar-refractivity contribution in [3.8, 4) is 0 Å². The zero-order chi connectivity index (χ0) is 12.2. The molecule has 0 heterocycles. The van der Waals surface area contributed by atoms with Crippen LogP contribution in [0.4, 0.5) is 0 Å². The van der Waals surface area contributed by atoms with Gasteiger partial charge in [-0.15, -0.1) is 0 Å². The van der Waals surface area contributed by atoms with Crippen molar-refractivity contribution < 1.29 is 34.8 Å². The molecule has 0 aromatic heterocycles. The Bertz CT molecular complexity index is 285. The molecule has 2 unspecified atom stereocenters. The molecule has 0 fully saturated rings. The Morgan fingerprint density at radius 2 is 1.73 bits per heavy atom. The number of aliphatic hydroxyl groups excluding tert-OH is 1. The van der Waals surface area contributed by atoms with E-state index < -0.39 is 35.8 Å². The Morgan fingerprint density at radius 3 is 2.00 bits per heavy atom. The number of Topliss-reactive ketones (excluding diaryl/α,β-unsaturated/α-hetero) is 1. The van der Waals surface area contributed by atoms with E-state index in [0.29, 0.717) is 0 Å². The number of hydrogen-bond acceptors (Lipinski definition) is 5. The van der Waals surface area contributed by atoms with Crippen molar-refractivity contribution in [2.24, 2.45) is 0 Å². The molecule has 0 radical (unpaired) electrons. The first-order chi connectivity index (χ1) is 6.71. The van der Waals surface area contributed by atoms with Gasteiger partial charge in [0, 0.05) is 6.42 Å². The summed E-state index contributed by atoms with van der Waals surface area (Å²) in [5.41, 5.74) is -2.84. The number of rotatable bonds is 6. The highest BCUT2D eigenvalue weighted by atomic mass is 16.4. The predicted molar refractivity (Wildman–Crippen MR) is 46.1 cm³/mol. The van der Waals surface area contributed by atoms with E-state index in [-0.39, 0.29) is 6.42 Å². The van der Waals surface area contributed by atoms with Crippen LogP contribution in [0.5, 0.6) is 0 Å². The van der Waals surface area contributed by atoms with E-state index in [2.05, 4.69) is 0 Å². The molecule has 0 spiro atoms. The molecule has 0 aliphatic carbocycles. The standard InChI is InChI=1S/C8H12O7/c1-4(9)2-3-8(15,7(13)14)5(10)6(11)12/h5,10,15H,2-3H2,1H3,(H,11,12)(H,13,14). The number of hydrogen-bond donors (Lipinski definition) is 4. The van der Waals surface area contributed by atoms with Gasteiger partial charge in [0.1, 0.15) is 5.78 Å². The Kier molecular flexibility index (Phi) is 4.38. The van der Waals surface area contributed by atoms with Gasteiger partial charge < -0.3 is 25.2 Å². The summed E-state index contributed by atoms with van der Waals surface area (Å²) in [6, 6.07) is 0. The third-order valence-electron chi connectivity index (χ3n) is 1.91. The van der Waals surface area contributed by atoms with E-state index in [1.165, 1.54) is 0 Å². The molecule has 86 valence electrons. The number of carbonyl (C=O) groups excluding carboxylic acids is 1. The van der Waals surface area contributed by atoms with Gasteiger partial charge in [-0.25, -0.2) is 9.59 Å². The van der Waals surface area contributed by atoms with E-state index in [1.54, 1.807) is 0 Å². The summed E-state index contributed by atoms with van der Waals surface area (Å²) in [5, 5.41) is 35.3. The molecule has 0 saturated carbocycles. The van der Waals surface area contributed by atoms with Crippen LogP contribution in [-0.4, -0.2) is 49.9 Å². The van der Waals surface area contributed by atoms with Gasteiger partial charge in [0.25, 0.3) is 0 Å². The lowest BCUT2D eigenvalue weighted by molar-refractivity contribution is -0.184. The number of ketones is 1. The molecule has 0 aliphatic heterocycles. The Labute approximate surface area is 85.0 Å². The van der Waals surface area contributed by atoms with E-state index in [9.17, 15) is 19.5 Å². The number of carboxylic acid groups (broad SMARTS) is 2. The summed E-state index contributed by atoms with van der Waals surface area (Å²) in [5.74, 6) is -4.14. The summed E-state index contributed by atoms with van der Waals surface area (Å²) >= 11 is 0. The zero-order valence-electron chi connectivity index (χ0n) is 8.01. The van der Waals surface area contributed by atoms with Gasteiger partial charge in [0.05, 0.1) is 0 Å². The SMILES string of the molecule is CC(=O)CCC(O)(C(=O)O)C(O)C(=O)O. The second-order valence-electron chi connectivity index (χ2n) is 3.17. The van der Waals surface area contributed by atoms with Crippen molar-refractivity contribution >= 4 is 17.7 Å². The smallest absolute Gasteiger partial charge is 0.339 e. The average molecular weight is 220 g/mol. The summed E-state index contributed by atoms with van der Waals surface area (Å²) in [6.45, 7) is 1.16. The van der Waals surface area contributed by atoms with Crippen molar-refractivity contribution in [1.82, 2.24) is 0 Å². The van der Waals surface area contributed by atoms with Gasteiger partial charge in [-0.3, -0.25) is 0 Å². The van der Waals surface area contributed by atoms with Crippen LogP contribution in [-0.2, 0) is 14.4 Å². The number of aliphatic hydroxyl groups is 2. The fourth-order valence-corrected chi connectivity index (χ4v) is 0.931. The number of carboxylic acids is 2. The molecule has 0 aromatic carbocycles. The van der Waals surface area contributed by atoms with Gasteiger partial charge in [-0.05, 0) is 13.3 Å². The van der Waals surface area contributed by atoms with Crippen LogP contribution in [0.3, 0.4) is 0 Å². The van der Waals surface area contributed by atoms with Crippen molar-refractivity contribution in [3.05, 3.63) is 0 Å². The normalized spacial score (nSPS) is 16.5. The first kappa shape index (κ1) is 13.5. The molecule has 4 N–H and O–H groups in total. The second-order valence-corrected chi connectivity index (χ2v) is 3.17. The van der Waals surface area contributed by atoms with Gasteiger partial charge in [0.2, 0.25) is 0 Å². The lowest BCUT2D eigenvalue weighted by Crippen LogP contribution is -2.53. The molecule has 0 bridgehead atoms. The lowest BCUT2D eigenvalue weighted by Gasteiger charge is -2.25. The maximum absolute atomic E-state index is 10.6. The van der Waals surface area contributed by atoms with Crippen molar-refractivity contribution in [3.63, 3.8) is 0 Å². The van der Waals surface area contributed by atoms with Gasteiger partial charge in [-0.1, -0.05) is 0 Å². The Morgan fingerprint density at radius 1 is 1.27 bits per heavy atom. The highest BCUT2D eigenvalue weighted by molar-refractivity contribution is 5.87. The maximum atomic E-state index is 10.6. The van der Waals surface area contributed by atoms with Crippen LogP contribution in [0.2, 0.25) is 0 Å². The molecule has 0 saturated heterocycles. The minimum atomic E-state index is -2.84. The highest BCUT2D eigenvalue weighted by Crippen LogP contribution is 2.19. The van der Waals surface area contributed by atoms with Crippen molar-refractivity contribution in [2.45, 2.75) is 31.5 Å². The fraction of sp³-hybridized carbons (Fsp3) is 0.625. The first-order valence-electron chi connectivity index (χ1n) is 4.08. The molecule has 0 amide bonds. The Balaban J connectivity index is 4.81. The molecule has 0 aromatic rings. The maximum Gasteiger partial charge on any atom is 0.339 e. The molecular weight excluding hydrogens is 208 g/mol. The third kappa shape index (κ3) is 3.30. The number of aliphatic carboxylic acids is 2. The van der Waals surface area contributed by atoms with Crippen LogP contribution < -0.4 is 0 Å². The van der Waals surface area contributed by atoms with Crippen LogP contribution in [0.25, 0.3) is 0 Å². The lowest BCUT2D eigenvalue weighted by atomic mass is 9.90. The van der Waals surface area contributed by atoms with E-state index in [4.69, 9.17) is 15.3 Å². The third-order valence-corrected chi connectivity index (χ3v) is 1.91. The zero-order valence-corrected chi connectivity index (χ0v) is 8.01. The van der Waals surface area contributed by atoms with E-state index in [1.807, 2.05) is 0 Å². The molecule has 0 rings (SSSR count). The summed E-state index contributed by atoms with van der Waals surface area (Å²) in [7, 11) is 0. The van der Waals surface area contributed by atoms with Crippen LogP contribution in [0.15, 0.2) is 0 Å². The van der Waals surface area contributed by atoms with Crippen LogP contribution >= 0.6 is 0 Å². The summed E-state index contributed by atoms with van der Waals surface area (Å²) in [6.07, 6.45) is -3.44. The predicted octanol–water partition coefficient (Wildman–Crippen LogP) is -1.38. The van der Waals surface area contributed by atoms with Gasteiger partial charge in [0.15, 0.2) is 11.7 Å². The molecule has 7 nitrogen and oxygen atoms in total. The fourth-order valence-electron chi connectivity index (χ4n) is 0.931. The van der Waals surface area contributed by atoms with E-state index >= 15 is 0 Å². The first-order valence-corrected chi connectivity index (χ1v) is 4.08. The minimum Gasteiger partial charge on any atom is -0.479 e. The minimum absolute atomic E-state index is 0.326. The molecule has 7 heteroatoms. The molecule has 15 heavy (non-hydrogen) atoms. The van der Waals surface area contributed by atoms with Crippen molar-refractivity contribution in [1.29, 1.82) is 0 Å². The van der Waals surface area contributed by atoms with Gasteiger partial charge in [-0.2, -0.15) is 0 Å². The van der Waals surface area contributed by atoms with Crippen molar-refractivity contribution in [2.75, 3.05) is 0 Å². The van der Waals surface area contributed by atoms with Gasteiger partial charge >= 0.3 is 11.9 Å². The largest absolute Gasteiger partial charge is 0.479 e. The van der Waals surface area contributed by atoms with Crippen LogP contribution in [0, 0.1) is 0 Å². The molecule has 0 aliphatic rings. The van der Waals surface area contributed by atoms with Crippen LogP contribution in [0.1, 0.15) is 19.8 Å². The quantitative estimate of drug-likeness (QED) is 0.433. The second kappa shape index (κ2) is 4.85. The Hall–Kier alpha value is -1.47. The average Bonchev–Trinajstić information content (AvgIpc) is 2.12. The highest BCUT2D eigenvalue weighted by Gasteiger charge is 2.47. The monoisotopic (exact) mass is 220 g/mol. The summed E-state index contributed by atoms with van der Waals surface area (Å²) < 4.78 is 0. The number of carbonyl (C=O) groups is 3. The topological polar surface area (TPSA) is 132 Å². The molecular formula is C8H12O7. The van der Waals surface area contributed by atoms with E-state index in [0.717, 1.165) is 6.92 Å².